The highest BCUT2D eigenvalue weighted by atomic mass is 16.5. The van der Waals surface area contributed by atoms with Gasteiger partial charge in [-0.3, -0.25) is 9.69 Å². The summed E-state index contributed by atoms with van der Waals surface area (Å²) in [6, 6.07) is 6.05. The molecule has 5 heteroatoms. The van der Waals surface area contributed by atoms with Crippen LogP contribution in [0.15, 0.2) is 18.2 Å². The van der Waals surface area contributed by atoms with Gasteiger partial charge in [0, 0.05) is 31.2 Å². The summed E-state index contributed by atoms with van der Waals surface area (Å²) in [5.41, 5.74) is 0.684. The Balaban J connectivity index is 1.75. The Morgan fingerprint density at radius 2 is 1.91 bits per heavy atom. The van der Waals surface area contributed by atoms with Crippen LogP contribution in [0.25, 0.3) is 0 Å². The molecule has 1 aromatic rings. The standard InChI is InChI=1S/C18H26N2O3/c1-3-22-16-8-7-14(12-17(16)23-4-2)18(21)20-11-10-19-9-5-6-15(19)13-20/h7-8,12,15H,3-6,9-11,13H2,1-2H3. The van der Waals surface area contributed by atoms with E-state index in [9.17, 15) is 4.79 Å². The fourth-order valence-electron chi connectivity index (χ4n) is 3.54. The lowest BCUT2D eigenvalue weighted by molar-refractivity contribution is 0.0571. The van der Waals surface area contributed by atoms with Gasteiger partial charge in [0.2, 0.25) is 0 Å². The molecule has 0 aromatic heterocycles. The Morgan fingerprint density at radius 3 is 2.70 bits per heavy atom. The summed E-state index contributed by atoms with van der Waals surface area (Å²) in [5.74, 6) is 1.45. The van der Waals surface area contributed by atoms with Crippen molar-refractivity contribution in [3.05, 3.63) is 23.8 Å². The molecular formula is C18H26N2O3. The molecule has 0 bridgehead atoms. The van der Waals surface area contributed by atoms with Crippen LogP contribution in [0.2, 0.25) is 0 Å². The van der Waals surface area contributed by atoms with E-state index in [1.165, 1.54) is 19.4 Å². The van der Waals surface area contributed by atoms with Gasteiger partial charge in [-0.2, -0.15) is 0 Å². The third-order valence-corrected chi connectivity index (χ3v) is 4.66. The van der Waals surface area contributed by atoms with Crippen LogP contribution in [0.4, 0.5) is 0 Å². The van der Waals surface area contributed by atoms with Crippen LogP contribution in [-0.4, -0.2) is 61.1 Å². The smallest absolute Gasteiger partial charge is 0.254 e. The molecular weight excluding hydrogens is 292 g/mol. The molecule has 2 aliphatic heterocycles. The number of rotatable bonds is 5. The van der Waals surface area contributed by atoms with Crippen LogP contribution in [0, 0.1) is 0 Å². The van der Waals surface area contributed by atoms with E-state index in [1.54, 1.807) is 0 Å². The molecule has 1 amide bonds. The van der Waals surface area contributed by atoms with Crippen LogP contribution < -0.4 is 9.47 Å². The zero-order valence-electron chi connectivity index (χ0n) is 14.1. The summed E-state index contributed by atoms with van der Waals surface area (Å²) in [5, 5.41) is 0. The van der Waals surface area contributed by atoms with Crippen LogP contribution in [0.5, 0.6) is 11.5 Å². The highest BCUT2D eigenvalue weighted by Gasteiger charge is 2.32. The topological polar surface area (TPSA) is 42.0 Å². The monoisotopic (exact) mass is 318 g/mol. The molecule has 23 heavy (non-hydrogen) atoms. The minimum atomic E-state index is 0.0977. The number of hydrogen-bond donors (Lipinski definition) is 0. The van der Waals surface area contributed by atoms with Gasteiger partial charge in [-0.25, -0.2) is 0 Å². The molecule has 0 N–H and O–H groups in total. The van der Waals surface area contributed by atoms with Crippen molar-refractivity contribution in [2.75, 3.05) is 39.4 Å². The lowest BCUT2D eigenvalue weighted by Gasteiger charge is -2.37. The second-order valence-electron chi connectivity index (χ2n) is 6.11. The number of carbonyl (C=O) groups excluding carboxylic acids is 1. The van der Waals surface area contributed by atoms with E-state index in [4.69, 9.17) is 9.47 Å². The molecule has 2 fully saturated rings. The molecule has 0 aliphatic carbocycles. The van der Waals surface area contributed by atoms with E-state index < -0.39 is 0 Å². The molecule has 5 nitrogen and oxygen atoms in total. The maximum atomic E-state index is 12.8. The van der Waals surface area contributed by atoms with E-state index in [1.807, 2.05) is 36.9 Å². The maximum Gasteiger partial charge on any atom is 0.254 e. The van der Waals surface area contributed by atoms with Gasteiger partial charge in [-0.05, 0) is 51.4 Å². The van der Waals surface area contributed by atoms with Crippen molar-refractivity contribution in [1.82, 2.24) is 9.80 Å². The second kappa shape index (κ2) is 7.21. The first kappa shape index (κ1) is 16.1. The Kier molecular flexibility index (Phi) is 5.06. The normalized spacial score (nSPS) is 21.1. The van der Waals surface area contributed by atoms with Crippen molar-refractivity contribution in [2.24, 2.45) is 0 Å². The fourth-order valence-corrected chi connectivity index (χ4v) is 3.54. The highest BCUT2D eigenvalue weighted by molar-refractivity contribution is 5.95. The molecule has 0 saturated carbocycles. The number of amides is 1. The molecule has 2 aliphatic rings. The number of fused-ring (bicyclic) bond motifs is 1. The maximum absolute atomic E-state index is 12.8. The van der Waals surface area contributed by atoms with E-state index in [2.05, 4.69) is 4.90 Å². The van der Waals surface area contributed by atoms with E-state index >= 15 is 0 Å². The van der Waals surface area contributed by atoms with Crippen molar-refractivity contribution < 1.29 is 14.3 Å². The number of piperazine rings is 1. The molecule has 0 radical (unpaired) electrons. The van der Waals surface area contributed by atoms with Gasteiger partial charge in [0.25, 0.3) is 5.91 Å². The SMILES string of the molecule is CCOc1ccc(C(=O)N2CCN3CCCC3C2)cc1OCC. The molecule has 2 heterocycles. The molecule has 2 saturated heterocycles. The number of benzene rings is 1. The van der Waals surface area contributed by atoms with E-state index in [0.717, 1.165) is 19.6 Å². The Hall–Kier alpha value is -1.75. The van der Waals surface area contributed by atoms with Gasteiger partial charge >= 0.3 is 0 Å². The van der Waals surface area contributed by atoms with Crippen LogP contribution in [-0.2, 0) is 0 Å². The quantitative estimate of drug-likeness (QED) is 0.836. The fraction of sp³-hybridized carbons (Fsp3) is 0.611. The van der Waals surface area contributed by atoms with Crippen molar-refractivity contribution in [2.45, 2.75) is 32.7 Å². The lowest BCUT2D eigenvalue weighted by atomic mass is 10.1. The van der Waals surface area contributed by atoms with Gasteiger partial charge < -0.3 is 14.4 Å². The van der Waals surface area contributed by atoms with E-state index in [0.29, 0.717) is 36.3 Å². The first-order valence-corrected chi connectivity index (χ1v) is 8.66. The van der Waals surface area contributed by atoms with Crippen LogP contribution >= 0.6 is 0 Å². The Bertz CT molecular complexity index is 561. The zero-order chi connectivity index (χ0) is 16.2. The van der Waals surface area contributed by atoms with Gasteiger partial charge in [0.15, 0.2) is 11.5 Å². The van der Waals surface area contributed by atoms with E-state index in [-0.39, 0.29) is 5.91 Å². The number of ether oxygens (including phenoxy) is 2. The number of nitrogens with zero attached hydrogens (tertiary/aromatic N) is 2. The second-order valence-corrected chi connectivity index (χ2v) is 6.11. The predicted octanol–water partition coefficient (Wildman–Crippen LogP) is 2.40. The van der Waals surface area contributed by atoms with Gasteiger partial charge in [-0.1, -0.05) is 0 Å². The molecule has 1 unspecified atom stereocenters. The largest absolute Gasteiger partial charge is 0.490 e. The van der Waals surface area contributed by atoms with Crippen molar-refractivity contribution in [3.63, 3.8) is 0 Å². The van der Waals surface area contributed by atoms with Gasteiger partial charge in [-0.15, -0.1) is 0 Å². The zero-order valence-corrected chi connectivity index (χ0v) is 14.1. The molecule has 1 atom stereocenters. The predicted molar refractivity (Wildman–Crippen MR) is 89.3 cm³/mol. The minimum Gasteiger partial charge on any atom is -0.490 e. The first-order valence-electron chi connectivity index (χ1n) is 8.66. The highest BCUT2D eigenvalue weighted by Crippen LogP contribution is 2.30. The molecule has 126 valence electrons. The average Bonchev–Trinajstić information content (AvgIpc) is 3.04. The molecule has 3 rings (SSSR count). The summed E-state index contributed by atoms with van der Waals surface area (Å²) in [4.78, 5) is 17.3. The molecule has 1 aromatic carbocycles. The Morgan fingerprint density at radius 1 is 1.13 bits per heavy atom. The van der Waals surface area contributed by atoms with Crippen LogP contribution in [0.3, 0.4) is 0 Å². The summed E-state index contributed by atoms with van der Waals surface area (Å²) >= 11 is 0. The summed E-state index contributed by atoms with van der Waals surface area (Å²) in [7, 11) is 0. The summed E-state index contributed by atoms with van der Waals surface area (Å²) in [6.07, 6.45) is 2.46. The van der Waals surface area contributed by atoms with Gasteiger partial charge in [0.05, 0.1) is 13.2 Å². The minimum absolute atomic E-state index is 0.0977. The third kappa shape index (κ3) is 3.44. The average molecular weight is 318 g/mol. The summed E-state index contributed by atoms with van der Waals surface area (Å²) in [6.45, 7) is 8.84. The third-order valence-electron chi connectivity index (χ3n) is 4.66. The summed E-state index contributed by atoms with van der Waals surface area (Å²) < 4.78 is 11.2. The van der Waals surface area contributed by atoms with Crippen LogP contribution in [0.1, 0.15) is 37.0 Å². The van der Waals surface area contributed by atoms with Crippen molar-refractivity contribution in [1.29, 1.82) is 0 Å². The Labute approximate surface area is 138 Å². The number of carbonyl (C=O) groups is 1. The van der Waals surface area contributed by atoms with Crippen molar-refractivity contribution in [3.8, 4) is 11.5 Å². The number of hydrogen-bond acceptors (Lipinski definition) is 4. The first-order chi connectivity index (χ1) is 11.2. The lowest BCUT2D eigenvalue weighted by Crippen LogP contribution is -2.52. The van der Waals surface area contributed by atoms with Gasteiger partial charge in [0.1, 0.15) is 0 Å². The molecule has 0 spiro atoms. The van der Waals surface area contributed by atoms with Crippen molar-refractivity contribution >= 4 is 5.91 Å².